The number of halogens is 2. The number of aromatic nitrogens is 1. The van der Waals surface area contributed by atoms with Gasteiger partial charge in [-0.3, -0.25) is 10.1 Å². The summed E-state index contributed by atoms with van der Waals surface area (Å²) in [5, 5.41) is 10.7. The molecule has 0 saturated carbocycles. The monoisotopic (exact) mass is 248 g/mol. The topological polar surface area (TPSA) is 56.0 Å². The van der Waals surface area contributed by atoms with E-state index in [1.165, 1.54) is 6.92 Å². The molecule has 6 heteroatoms. The van der Waals surface area contributed by atoms with Crippen molar-refractivity contribution in [2.24, 2.45) is 0 Å². The molecule has 0 atom stereocenters. The van der Waals surface area contributed by atoms with Crippen LogP contribution in [0.4, 0.5) is 10.1 Å². The Bertz CT molecular complexity index is 357. The average Bonchev–Trinajstić information content (AvgIpc) is 2.08. The maximum absolute atomic E-state index is 12.9. The molecule has 70 valence electrons. The molecule has 0 fully saturated rings. The predicted molar refractivity (Wildman–Crippen MR) is 48.2 cm³/mol. The smallest absolute Gasteiger partial charge is 0.258 e. The molecule has 0 amide bonds. The van der Waals surface area contributed by atoms with E-state index in [2.05, 4.69) is 20.9 Å². The summed E-state index contributed by atoms with van der Waals surface area (Å²) in [5.74, 6) is -0.656. The number of aryl methyl sites for hydroxylation is 1. The van der Waals surface area contributed by atoms with Crippen LogP contribution in [0.2, 0.25) is 0 Å². The Labute approximate surface area is 82.1 Å². The summed E-state index contributed by atoms with van der Waals surface area (Å²) >= 11 is 3.05. The van der Waals surface area contributed by atoms with Gasteiger partial charge in [-0.25, -0.2) is 9.37 Å². The Morgan fingerprint density at radius 3 is 2.85 bits per heavy atom. The molecule has 1 rings (SSSR count). The maximum Gasteiger partial charge on any atom is 0.294 e. The van der Waals surface area contributed by atoms with Gasteiger partial charge in [-0.1, -0.05) is 15.9 Å². The van der Waals surface area contributed by atoms with E-state index in [1.54, 1.807) is 0 Å². The molecule has 0 spiro atoms. The fourth-order valence-corrected chi connectivity index (χ4v) is 1.29. The molecule has 1 heterocycles. The first kappa shape index (κ1) is 10.0. The van der Waals surface area contributed by atoms with Crippen LogP contribution in [0.5, 0.6) is 0 Å². The van der Waals surface area contributed by atoms with Gasteiger partial charge < -0.3 is 0 Å². The van der Waals surface area contributed by atoms with Crippen LogP contribution < -0.4 is 0 Å². The highest BCUT2D eigenvalue weighted by Crippen LogP contribution is 2.21. The summed E-state index contributed by atoms with van der Waals surface area (Å²) < 4.78 is 12.9. The zero-order valence-corrected chi connectivity index (χ0v) is 8.34. The number of pyridine rings is 1. The van der Waals surface area contributed by atoms with Gasteiger partial charge in [-0.2, -0.15) is 0 Å². The van der Waals surface area contributed by atoms with E-state index in [0.717, 1.165) is 6.07 Å². The molecule has 0 aliphatic heterocycles. The fraction of sp³-hybridized carbons (Fsp3) is 0.286. The average molecular weight is 249 g/mol. The second-order valence-electron chi connectivity index (χ2n) is 2.41. The SMILES string of the molecule is Cc1nc(CBr)c([N+](=O)[O-])cc1F. The Morgan fingerprint density at radius 2 is 2.38 bits per heavy atom. The van der Waals surface area contributed by atoms with Gasteiger partial charge in [0.25, 0.3) is 5.69 Å². The van der Waals surface area contributed by atoms with E-state index >= 15 is 0 Å². The van der Waals surface area contributed by atoms with Gasteiger partial charge in [-0.15, -0.1) is 0 Å². The van der Waals surface area contributed by atoms with Crippen molar-refractivity contribution >= 4 is 21.6 Å². The number of hydrogen-bond donors (Lipinski definition) is 0. The van der Waals surface area contributed by atoms with Gasteiger partial charge >= 0.3 is 0 Å². The van der Waals surface area contributed by atoms with Gasteiger partial charge in [-0.05, 0) is 6.92 Å². The fourth-order valence-electron chi connectivity index (χ4n) is 0.877. The van der Waals surface area contributed by atoms with Gasteiger partial charge in [0.05, 0.1) is 22.0 Å². The zero-order chi connectivity index (χ0) is 10.0. The summed E-state index contributed by atoms with van der Waals surface area (Å²) in [7, 11) is 0. The molecule has 0 bridgehead atoms. The lowest BCUT2D eigenvalue weighted by atomic mass is 10.3. The van der Waals surface area contributed by atoms with E-state index in [4.69, 9.17) is 0 Å². The molecule has 0 unspecified atom stereocenters. The normalized spacial score (nSPS) is 10.1. The van der Waals surface area contributed by atoms with Gasteiger partial charge in [0.2, 0.25) is 0 Å². The quantitative estimate of drug-likeness (QED) is 0.459. The van der Waals surface area contributed by atoms with Crippen LogP contribution in [0.25, 0.3) is 0 Å². The molecule has 4 nitrogen and oxygen atoms in total. The lowest BCUT2D eigenvalue weighted by molar-refractivity contribution is -0.386. The molecule has 13 heavy (non-hydrogen) atoms. The first-order valence-electron chi connectivity index (χ1n) is 3.42. The highest BCUT2D eigenvalue weighted by molar-refractivity contribution is 9.08. The highest BCUT2D eigenvalue weighted by Gasteiger charge is 2.17. The molecule has 0 saturated heterocycles. The van der Waals surface area contributed by atoms with Crippen molar-refractivity contribution in [2.75, 3.05) is 0 Å². The van der Waals surface area contributed by atoms with Crippen molar-refractivity contribution in [1.29, 1.82) is 0 Å². The van der Waals surface area contributed by atoms with Crippen LogP contribution >= 0.6 is 15.9 Å². The summed E-state index contributed by atoms with van der Waals surface area (Å²) in [4.78, 5) is 13.5. The van der Waals surface area contributed by atoms with Crippen LogP contribution in [0.1, 0.15) is 11.4 Å². The minimum Gasteiger partial charge on any atom is -0.258 e. The van der Waals surface area contributed by atoms with E-state index in [-0.39, 0.29) is 22.4 Å². The Balaban J connectivity index is 3.33. The molecule has 0 aliphatic rings. The molecule has 1 aromatic heterocycles. The molecular weight excluding hydrogens is 243 g/mol. The molecule has 0 aliphatic carbocycles. The van der Waals surface area contributed by atoms with Crippen LogP contribution in [-0.2, 0) is 5.33 Å². The van der Waals surface area contributed by atoms with E-state index in [1.807, 2.05) is 0 Å². The van der Waals surface area contributed by atoms with Gasteiger partial charge in [0.15, 0.2) is 5.82 Å². The van der Waals surface area contributed by atoms with Gasteiger partial charge in [0.1, 0.15) is 5.69 Å². The second-order valence-corrected chi connectivity index (χ2v) is 2.97. The third-order valence-electron chi connectivity index (χ3n) is 1.53. The van der Waals surface area contributed by atoms with Gasteiger partial charge in [0, 0.05) is 0 Å². The molecular formula is C7H6BrFN2O2. The standard InChI is InChI=1S/C7H6BrFN2O2/c1-4-5(9)2-7(11(12)13)6(3-8)10-4/h2H,3H2,1H3. The van der Waals surface area contributed by atoms with Crippen LogP contribution in [-0.4, -0.2) is 9.91 Å². The largest absolute Gasteiger partial charge is 0.294 e. The van der Waals surface area contributed by atoms with Crippen molar-refractivity contribution in [2.45, 2.75) is 12.3 Å². The summed E-state index contributed by atoms with van der Waals surface area (Å²) in [6.45, 7) is 1.46. The zero-order valence-electron chi connectivity index (χ0n) is 6.75. The Hall–Kier alpha value is -1.04. The molecule has 0 aromatic carbocycles. The van der Waals surface area contributed by atoms with Crippen molar-refractivity contribution < 1.29 is 9.31 Å². The number of hydrogen-bond acceptors (Lipinski definition) is 3. The first-order chi connectivity index (χ1) is 6.06. The Morgan fingerprint density at radius 1 is 1.77 bits per heavy atom. The maximum atomic E-state index is 12.9. The predicted octanol–water partition coefficient (Wildman–Crippen LogP) is 2.33. The lowest BCUT2D eigenvalue weighted by Crippen LogP contribution is -2.00. The third kappa shape index (κ3) is 2.00. The van der Waals surface area contributed by atoms with E-state index in [9.17, 15) is 14.5 Å². The van der Waals surface area contributed by atoms with Crippen molar-refractivity contribution in [1.82, 2.24) is 4.98 Å². The minimum atomic E-state index is -0.656. The van der Waals surface area contributed by atoms with E-state index < -0.39 is 10.7 Å². The lowest BCUT2D eigenvalue weighted by Gasteiger charge is -2.00. The summed E-state index contributed by atoms with van der Waals surface area (Å²) in [6.07, 6.45) is 0. The van der Waals surface area contributed by atoms with Crippen molar-refractivity contribution in [3.63, 3.8) is 0 Å². The molecule has 0 N–H and O–H groups in total. The second kappa shape index (κ2) is 3.78. The number of nitro groups is 1. The van der Waals surface area contributed by atoms with Crippen LogP contribution in [0, 0.1) is 22.9 Å². The summed E-state index contributed by atoms with van der Waals surface area (Å²) in [5.41, 5.74) is 0.115. The van der Waals surface area contributed by atoms with Crippen LogP contribution in [0.3, 0.4) is 0 Å². The van der Waals surface area contributed by atoms with Crippen molar-refractivity contribution in [3.8, 4) is 0 Å². The third-order valence-corrected chi connectivity index (χ3v) is 2.06. The number of nitrogens with zero attached hydrogens (tertiary/aromatic N) is 2. The van der Waals surface area contributed by atoms with Crippen molar-refractivity contribution in [3.05, 3.63) is 33.4 Å². The van der Waals surface area contributed by atoms with E-state index in [0.29, 0.717) is 0 Å². The highest BCUT2D eigenvalue weighted by atomic mass is 79.9. The first-order valence-corrected chi connectivity index (χ1v) is 4.54. The molecule has 1 aromatic rings. The Kier molecular flexibility index (Phi) is 2.92. The number of alkyl halides is 1. The number of rotatable bonds is 2. The summed E-state index contributed by atoms with van der Waals surface area (Å²) in [6, 6.07) is 0.888. The van der Waals surface area contributed by atoms with Crippen LogP contribution in [0.15, 0.2) is 6.07 Å². The molecule has 0 radical (unpaired) electrons. The minimum absolute atomic E-state index is 0.167.